The lowest BCUT2D eigenvalue weighted by atomic mass is 10.0. The average Bonchev–Trinajstić information content (AvgIpc) is 2.63. The van der Waals surface area contributed by atoms with Crippen LogP contribution < -0.4 is 4.90 Å². The highest BCUT2D eigenvalue weighted by Crippen LogP contribution is 2.21. The monoisotopic (exact) mass is 331 g/mol. The standard InChI is InChI=1S/C20H30FN3/c1-3-17(2)15-22-10-4-5-20(16-22)24-13-11-23(12-14-24)19-8-6-18(21)7-9-19/h3,6-9,20H,4-5,10-16H2,1-2H3. The molecule has 1 unspecified atom stereocenters. The molecule has 0 spiro atoms. The van der Waals surface area contributed by atoms with E-state index < -0.39 is 0 Å². The molecule has 2 saturated heterocycles. The Morgan fingerprint density at radius 2 is 1.83 bits per heavy atom. The van der Waals surface area contributed by atoms with Crippen molar-refractivity contribution in [1.29, 1.82) is 0 Å². The number of halogens is 1. The highest BCUT2D eigenvalue weighted by Gasteiger charge is 2.28. The molecule has 0 radical (unpaired) electrons. The van der Waals surface area contributed by atoms with Crippen molar-refractivity contribution >= 4 is 5.69 Å². The van der Waals surface area contributed by atoms with Gasteiger partial charge in [-0.3, -0.25) is 9.80 Å². The molecule has 1 aromatic carbocycles. The summed E-state index contributed by atoms with van der Waals surface area (Å²) in [4.78, 5) is 7.65. The Morgan fingerprint density at radius 1 is 1.12 bits per heavy atom. The SMILES string of the molecule is CC=C(C)CN1CCCC(N2CCN(c3ccc(F)cc3)CC2)C1. The molecule has 0 saturated carbocycles. The lowest BCUT2D eigenvalue weighted by molar-refractivity contribution is 0.0977. The van der Waals surface area contributed by atoms with E-state index in [1.54, 1.807) is 12.1 Å². The molecule has 4 heteroatoms. The smallest absolute Gasteiger partial charge is 0.123 e. The fraction of sp³-hybridized carbons (Fsp3) is 0.600. The summed E-state index contributed by atoms with van der Waals surface area (Å²) >= 11 is 0. The van der Waals surface area contributed by atoms with E-state index in [1.165, 1.54) is 31.5 Å². The molecular formula is C20H30FN3. The summed E-state index contributed by atoms with van der Waals surface area (Å²) in [7, 11) is 0. The average molecular weight is 331 g/mol. The molecule has 3 rings (SSSR count). The minimum atomic E-state index is -0.156. The zero-order chi connectivity index (χ0) is 16.9. The van der Waals surface area contributed by atoms with Crippen molar-refractivity contribution in [2.45, 2.75) is 32.7 Å². The van der Waals surface area contributed by atoms with Gasteiger partial charge in [-0.25, -0.2) is 4.39 Å². The predicted octanol–water partition coefficient (Wildman–Crippen LogP) is 3.38. The number of likely N-dealkylation sites (tertiary alicyclic amines) is 1. The summed E-state index contributed by atoms with van der Waals surface area (Å²) in [6.45, 7) is 12.2. The van der Waals surface area contributed by atoms with Crippen LogP contribution in [0.25, 0.3) is 0 Å². The second-order valence-electron chi connectivity index (χ2n) is 7.17. The van der Waals surface area contributed by atoms with Gasteiger partial charge in [0.25, 0.3) is 0 Å². The molecule has 2 aliphatic rings. The number of hydrogen-bond donors (Lipinski definition) is 0. The van der Waals surface area contributed by atoms with Gasteiger partial charge in [-0.1, -0.05) is 11.6 Å². The summed E-state index contributed by atoms with van der Waals surface area (Å²) in [5.41, 5.74) is 2.61. The molecule has 0 aliphatic carbocycles. The molecule has 132 valence electrons. The molecule has 2 fully saturated rings. The summed E-state index contributed by atoms with van der Waals surface area (Å²) in [6, 6.07) is 7.61. The molecule has 0 aromatic heterocycles. The Bertz CT molecular complexity index is 547. The molecule has 0 N–H and O–H groups in total. The van der Waals surface area contributed by atoms with E-state index in [1.807, 2.05) is 12.1 Å². The number of anilines is 1. The van der Waals surface area contributed by atoms with Crippen LogP contribution in [0, 0.1) is 5.82 Å². The van der Waals surface area contributed by atoms with E-state index in [0.717, 1.165) is 38.4 Å². The van der Waals surface area contributed by atoms with Gasteiger partial charge in [0.15, 0.2) is 0 Å². The van der Waals surface area contributed by atoms with Gasteiger partial charge in [0.2, 0.25) is 0 Å². The van der Waals surface area contributed by atoms with Gasteiger partial charge in [-0.2, -0.15) is 0 Å². The second-order valence-corrected chi connectivity index (χ2v) is 7.17. The number of piperidine rings is 1. The molecular weight excluding hydrogens is 301 g/mol. The lowest BCUT2D eigenvalue weighted by Gasteiger charge is -2.44. The first-order chi connectivity index (χ1) is 11.7. The fourth-order valence-electron chi connectivity index (χ4n) is 3.91. The van der Waals surface area contributed by atoms with Gasteiger partial charge in [-0.05, 0) is 57.5 Å². The number of rotatable bonds is 4. The summed E-state index contributed by atoms with van der Waals surface area (Å²) in [5, 5.41) is 0. The predicted molar refractivity (Wildman–Crippen MR) is 99.1 cm³/mol. The van der Waals surface area contributed by atoms with Gasteiger partial charge < -0.3 is 4.90 Å². The third-order valence-corrected chi connectivity index (χ3v) is 5.47. The number of benzene rings is 1. The molecule has 2 heterocycles. The highest BCUT2D eigenvalue weighted by molar-refractivity contribution is 5.46. The Morgan fingerprint density at radius 3 is 2.50 bits per heavy atom. The van der Waals surface area contributed by atoms with E-state index >= 15 is 0 Å². The second kappa shape index (κ2) is 8.13. The first-order valence-electron chi connectivity index (χ1n) is 9.24. The van der Waals surface area contributed by atoms with Crippen molar-refractivity contribution in [2.24, 2.45) is 0 Å². The summed E-state index contributed by atoms with van der Waals surface area (Å²) < 4.78 is 13.1. The van der Waals surface area contributed by atoms with Gasteiger partial charge in [0.05, 0.1) is 0 Å². The van der Waals surface area contributed by atoms with Crippen LogP contribution in [0.15, 0.2) is 35.9 Å². The zero-order valence-electron chi connectivity index (χ0n) is 15.0. The van der Waals surface area contributed by atoms with E-state index in [2.05, 4.69) is 34.6 Å². The van der Waals surface area contributed by atoms with Crippen LogP contribution in [0.1, 0.15) is 26.7 Å². The molecule has 1 atom stereocenters. The van der Waals surface area contributed by atoms with E-state index in [4.69, 9.17) is 0 Å². The van der Waals surface area contributed by atoms with Gasteiger partial charge in [-0.15, -0.1) is 0 Å². The fourth-order valence-corrected chi connectivity index (χ4v) is 3.91. The van der Waals surface area contributed by atoms with Crippen LogP contribution in [-0.2, 0) is 0 Å². The van der Waals surface area contributed by atoms with Gasteiger partial charge in [0, 0.05) is 51.0 Å². The Kier molecular flexibility index (Phi) is 5.90. The van der Waals surface area contributed by atoms with Crippen molar-refractivity contribution < 1.29 is 4.39 Å². The topological polar surface area (TPSA) is 9.72 Å². The first kappa shape index (κ1) is 17.4. The van der Waals surface area contributed by atoms with Crippen LogP contribution in [-0.4, -0.2) is 61.7 Å². The van der Waals surface area contributed by atoms with Crippen LogP contribution in [0.3, 0.4) is 0 Å². The first-order valence-corrected chi connectivity index (χ1v) is 9.24. The molecule has 24 heavy (non-hydrogen) atoms. The maximum Gasteiger partial charge on any atom is 0.123 e. The Labute approximate surface area is 145 Å². The number of allylic oxidation sites excluding steroid dienone is 1. The molecule has 3 nitrogen and oxygen atoms in total. The number of hydrogen-bond acceptors (Lipinski definition) is 3. The summed E-state index contributed by atoms with van der Waals surface area (Å²) in [5.74, 6) is -0.156. The molecule has 0 bridgehead atoms. The maximum atomic E-state index is 13.1. The van der Waals surface area contributed by atoms with Crippen LogP contribution >= 0.6 is 0 Å². The van der Waals surface area contributed by atoms with Crippen molar-refractivity contribution in [3.63, 3.8) is 0 Å². The van der Waals surface area contributed by atoms with Crippen molar-refractivity contribution in [1.82, 2.24) is 9.80 Å². The van der Waals surface area contributed by atoms with E-state index in [-0.39, 0.29) is 5.82 Å². The number of nitrogens with zero attached hydrogens (tertiary/aromatic N) is 3. The van der Waals surface area contributed by atoms with Crippen molar-refractivity contribution in [3.05, 3.63) is 41.7 Å². The van der Waals surface area contributed by atoms with Gasteiger partial charge >= 0.3 is 0 Å². The molecule has 0 amide bonds. The van der Waals surface area contributed by atoms with Crippen LogP contribution in [0.4, 0.5) is 10.1 Å². The Hall–Kier alpha value is -1.39. The Balaban J connectivity index is 1.51. The molecule has 1 aromatic rings. The minimum Gasteiger partial charge on any atom is -0.369 e. The maximum absolute atomic E-state index is 13.1. The zero-order valence-corrected chi connectivity index (χ0v) is 15.0. The molecule has 2 aliphatic heterocycles. The third-order valence-electron chi connectivity index (χ3n) is 5.47. The largest absolute Gasteiger partial charge is 0.369 e. The van der Waals surface area contributed by atoms with Crippen molar-refractivity contribution in [3.8, 4) is 0 Å². The normalized spacial score (nSPS) is 24.4. The summed E-state index contributed by atoms with van der Waals surface area (Å²) in [6.07, 6.45) is 4.85. The highest BCUT2D eigenvalue weighted by atomic mass is 19.1. The minimum absolute atomic E-state index is 0.156. The van der Waals surface area contributed by atoms with Crippen LogP contribution in [0.2, 0.25) is 0 Å². The number of piperazine rings is 1. The van der Waals surface area contributed by atoms with Crippen molar-refractivity contribution in [2.75, 3.05) is 50.7 Å². The van der Waals surface area contributed by atoms with Gasteiger partial charge in [0.1, 0.15) is 5.82 Å². The van der Waals surface area contributed by atoms with E-state index in [0.29, 0.717) is 6.04 Å². The van der Waals surface area contributed by atoms with E-state index in [9.17, 15) is 4.39 Å². The lowest BCUT2D eigenvalue weighted by Crippen LogP contribution is -2.55. The van der Waals surface area contributed by atoms with Crippen LogP contribution in [0.5, 0.6) is 0 Å². The third kappa shape index (κ3) is 4.37. The quantitative estimate of drug-likeness (QED) is 0.783.